The highest BCUT2D eigenvalue weighted by Gasteiger charge is 2.50. The van der Waals surface area contributed by atoms with Crippen LogP contribution in [0.15, 0.2) is 0 Å². The molecule has 0 radical (unpaired) electrons. The zero-order chi connectivity index (χ0) is 19.9. The normalized spacial score (nSPS) is 33.3. The molecule has 28 heavy (non-hydrogen) atoms. The van der Waals surface area contributed by atoms with Crippen molar-refractivity contribution in [3.05, 3.63) is 0 Å². The summed E-state index contributed by atoms with van der Waals surface area (Å²) in [5.74, 6) is 2.92. The molecule has 4 aliphatic carbocycles. The van der Waals surface area contributed by atoms with Gasteiger partial charge in [0.1, 0.15) is 0 Å². The Labute approximate surface area is 174 Å². The Morgan fingerprint density at radius 2 is 1.29 bits per heavy atom. The fraction of sp³-hybridized carbons (Fsp3) is 1.00. The lowest BCUT2D eigenvalue weighted by Crippen LogP contribution is -2.46. The van der Waals surface area contributed by atoms with Gasteiger partial charge in [-0.2, -0.15) is 0 Å². The summed E-state index contributed by atoms with van der Waals surface area (Å²) in [6.45, 7) is 5.63. The van der Waals surface area contributed by atoms with E-state index in [0.717, 1.165) is 43.4 Å². The third kappa shape index (κ3) is 6.58. The number of rotatable bonds is 15. The highest BCUT2D eigenvalue weighted by atomic mass is 31.2. The molecule has 0 saturated heterocycles. The molecule has 0 aromatic rings. The summed E-state index contributed by atoms with van der Waals surface area (Å²) in [5, 5.41) is 0. The standard InChI is InChI=1S/C24H45O3P/c1-3-5-7-8-9-10-12-26-28(25,14-6-4-2)27-13-11-24-18-21-15-22(19-24)17-23(16-21)20-24/h21-23H,3-20H2,1-2H3. The molecule has 4 aliphatic rings. The molecule has 4 rings (SSSR count). The maximum Gasteiger partial charge on any atom is 0.330 e. The van der Waals surface area contributed by atoms with E-state index in [1.165, 1.54) is 70.6 Å². The Bertz CT molecular complexity index is 469. The van der Waals surface area contributed by atoms with Gasteiger partial charge in [0.2, 0.25) is 0 Å². The average Bonchev–Trinajstić information content (AvgIpc) is 2.64. The molecule has 4 saturated carbocycles. The van der Waals surface area contributed by atoms with Crippen molar-refractivity contribution in [3.8, 4) is 0 Å². The first-order valence-electron chi connectivity index (χ1n) is 12.4. The molecular weight excluding hydrogens is 367 g/mol. The summed E-state index contributed by atoms with van der Waals surface area (Å²) in [7, 11) is -2.91. The van der Waals surface area contributed by atoms with Crippen LogP contribution in [0.3, 0.4) is 0 Å². The van der Waals surface area contributed by atoms with Crippen molar-refractivity contribution in [1.29, 1.82) is 0 Å². The van der Waals surface area contributed by atoms with E-state index in [4.69, 9.17) is 9.05 Å². The molecule has 0 spiro atoms. The molecule has 4 heteroatoms. The van der Waals surface area contributed by atoms with Gasteiger partial charge < -0.3 is 9.05 Å². The van der Waals surface area contributed by atoms with Crippen molar-refractivity contribution in [2.24, 2.45) is 23.2 Å². The second-order valence-electron chi connectivity index (χ2n) is 10.3. The monoisotopic (exact) mass is 412 g/mol. The molecule has 1 atom stereocenters. The van der Waals surface area contributed by atoms with E-state index in [-0.39, 0.29) is 0 Å². The van der Waals surface area contributed by atoms with E-state index in [9.17, 15) is 4.57 Å². The van der Waals surface area contributed by atoms with Crippen LogP contribution in [-0.4, -0.2) is 19.4 Å². The predicted octanol–water partition coefficient (Wildman–Crippen LogP) is 7.98. The summed E-state index contributed by atoms with van der Waals surface area (Å²) in [6.07, 6.45) is 19.7. The topological polar surface area (TPSA) is 35.5 Å². The number of hydrogen-bond donors (Lipinski definition) is 0. The lowest BCUT2D eigenvalue weighted by atomic mass is 9.49. The molecule has 4 fully saturated rings. The molecule has 0 aliphatic heterocycles. The summed E-state index contributed by atoms with van der Waals surface area (Å²) in [4.78, 5) is 0. The lowest BCUT2D eigenvalue weighted by Gasteiger charge is -2.57. The van der Waals surface area contributed by atoms with Gasteiger partial charge in [0.25, 0.3) is 0 Å². The molecule has 1 unspecified atom stereocenters. The van der Waals surface area contributed by atoms with Crippen LogP contribution in [0.25, 0.3) is 0 Å². The third-order valence-electron chi connectivity index (χ3n) is 7.66. The third-order valence-corrected chi connectivity index (χ3v) is 9.67. The Balaban J connectivity index is 1.40. The van der Waals surface area contributed by atoms with Gasteiger partial charge in [0.05, 0.1) is 19.4 Å². The Morgan fingerprint density at radius 1 is 0.750 bits per heavy atom. The molecule has 164 valence electrons. The van der Waals surface area contributed by atoms with E-state index >= 15 is 0 Å². The fourth-order valence-electron chi connectivity index (χ4n) is 6.60. The van der Waals surface area contributed by atoms with Crippen molar-refractivity contribution in [1.82, 2.24) is 0 Å². The minimum Gasteiger partial charge on any atom is -0.309 e. The van der Waals surface area contributed by atoms with Crippen LogP contribution >= 0.6 is 7.60 Å². The lowest BCUT2D eigenvalue weighted by molar-refractivity contribution is -0.0628. The van der Waals surface area contributed by atoms with Crippen LogP contribution in [0.2, 0.25) is 0 Å². The van der Waals surface area contributed by atoms with Crippen LogP contribution in [0.5, 0.6) is 0 Å². The van der Waals surface area contributed by atoms with E-state index in [1.54, 1.807) is 0 Å². The van der Waals surface area contributed by atoms with Crippen molar-refractivity contribution >= 4 is 7.60 Å². The Kier molecular flexibility index (Phi) is 8.94. The van der Waals surface area contributed by atoms with Gasteiger partial charge in [-0.05, 0) is 81.0 Å². The first kappa shape index (κ1) is 22.8. The second kappa shape index (κ2) is 11.0. The highest BCUT2D eigenvalue weighted by Crippen LogP contribution is 2.61. The van der Waals surface area contributed by atoms with Gasteiger partial charge in [-0.1, -0.05) is 52.4 Å². The van der Waals surface area contributed by atoms with Gasteiger partial charge in [-0.3, -0.25) is 4.57 Å². The van der Waals surface area contributed by atoms with Gasteiger partial charge >= 0.3 is 7.60 Å². The van der Waals surface area contributed by atoms with Gasteiger partial charge in [-0.15, -0.1) is 0 Å². The van der Waals surface area contributed by atoms with Gasteiger partial charge in [0, 0.05) is 0 Å². The van der Waals surface area contributed by atoms with E-state index < -0.39 is 7.60 Å². The molecule has 0 aromatic carbocycles. The minimum absolute atomic E-state index is 0.504. The van der Waals surface area contributed by atoms with Gasteiger partial charge in [0.15, 0.2) is 0 Å². The highest BCUT2D eigenvalue weighted by molar-refractivity contribution is 7.53. The quantitative estimate of drug-likeness (QED) is 0.202. The van der Waals surface area contributed by atoms with E-state index in [2.05, 4.69) is 13.8 Å². The molecular formula is C24H45O3P. The second-order valence-corrected chi connectivity index (χ2v) is 12.5. The molecule has 0 amide bonds. The van der Waals surface area contributed by atoms with Crippen molar-refractivity contribution in [3.63, 3.8) is 0 Å². The molecule has 3 nitrogen and oxygen atoms in total. The maximum atomic E-state index is 13.2. The summed E-state index contributed by atoms with van der Waals surface area (Å²) in [5.41, 5.74) is 0.504. The Hall–Kier alpha value is 0.150. The summed E-state index contributed by atoms with van der Waals surface area (Å²) in [6, 6.07) is 0. The minimum atomic E-state index is -2.91. The molecule has 0 aromatic heterocycles. The Morgan fingerprint density at radius 3 is 1.89 bits per heavy atom. The van der Waals surface area contributed by atoms with Crippen molar-refractivity contribution in [2.75, 3.05) is 19.4 Å². The largest absolute Gasteiger partial charge is 0.330 e. The number of hydrogen-bond acceptors (Lipinski definition) is 3. The first-order valence-corrected chi connectivity index (χ1v) is 14.2. The van der Waals surface area contributed by atoms with Crippen molar-refractivity contribution in [2.45, 2.75) is 110 Å². The average molecular weight is 413 g/mol. The van der Waals surface area contributed by atoms with E-state index in [0.29, 0.717) is 24.8 Å². The van der Waals surface area contributed by atoms with Crippen LogP contribution < -0.4 is 0 Å². The van der Waals surface area contributed by atoms with Crippen molar-refractivity contribution < 1.29 is 13.6 Å². The summed E-state index contributed by atoms with van der Waals surface area (Å²) < 4.78 is 25.2. The zero-order valence-corrected chi connectivity index (χ0v) is 19.5. The van der Waals surface area contributed by atoms with Crippen LogP contribution in [-0.2, 0) is 13.6 Å². The number of unbranched alkanes of at least 4 members (excludes halogenated alkanes) is 6. The van der Waals surface area contributed by atoms with Gasteiger partial charge in [-0.25, -0.2) is 0 Å². The molecule has 0 N–H and O–H groups in total. The predicted molar refractivity (Wildman–Crippen MR) is 118 cm³/mol. The first-order chi connectivity index (χ1) is 13.6. The summed E-state index contributed by atoms with van der Waals surface area (Å²) >= 11 is 0. The van der Waals surface area contributed by atoms with E-state index in [1.807, 2.05) is 0 Å². The molecule has 4 bridgehead atoms. The molecule has 0 heterocycles. The maximum absolute atomic E-state index is 13.2. The smallest absolute Gasteiger partial charge is 0.309 e. The zero-order valence-electron chi connectivity index (χ0n) is 18.6. The van der Waals surface area contributed by atoms with Crippen LogP contribution in [0.1, 0.15) is 110 Å². The van der Waals surface area contributed by atoms with Crippen LogP contribution in [0.4, 0.5) is 0 Å². The fourth-order valence-corrected chi connectivity index (χ4v) is 8.41. The SMILES string of the molecule is CCCCCCCCOP(=O)(CCCC)OCCC12CC3CC(CC(C3)C1)C2. The van der Waals surface area contributed by atoms with Crippen LogP contribution in [0, 0.1) is 23.2 Å².